The van der Waals surface area contributed by atoms with Gasteiger partial charge in [-0.2, -0.15) is 0 Å². The first-order valence-electron chi connectivity index (χ1n) is 4.47. The van der Waals surface area contributed by atoms with Crippen molar-refractivity contribution in [3.63, 3.8) is 0 Å². The van der Waals surface area contributed by atoms with Gasteiger partial charge in [0.05, 0.1) is 0 Å². The van der Waals surface area contributed by atoms with Crippen molar-refractivity contribution in [2.45, 2.75) is 17.8 Å². The number of pyridine rings is 1. The summed E-state index contributed by atoms with van der Waals surface area (Å²) in [5, 5.41) is 9.87. The van der Waals surface area contributed by atoms with Crippen molar-refractivity contribution >= 4 is 31.1 Å². The average Bonchev–Trinajstić information content (AvgIpc) is 2.18. The van der Waals surface area contributed by atoms with Crippen LogP contribution in [0.3, 0.4) is 0 Å². The topological polar surface area (TPSA) is 36.7 Å². The Labute approximate surface area is 89.2 Å². The molecule has 0 spiro atoms. The molecule has 0 unspecified atom stereocenters. The third-order valence-corrected chi connectivity index (χ3v) is 5.89. The molecule has 0 bridgehead atoms. The van der Waals surface area contributed by atoms with Gasteiger partial charge in [0.2, 0.25) is 0 Å². The third-order valence-electron chi connectivity index (χ3n) is 2.47. The molecule has 4 heteroatoms. The predicted octanol–water partition coefficient (Wildman–Crippen LogP) is 0.995. The fourth-order valence-electron chi connectivity index (χ4n) is 1.05. The van der Waals surface area contributed by atoms with Crippen LogP contribution in [0.5, 0.6) is 0 Å². The molecule has 0 N–H and O–H groups in total. The van der Waals surface area contributed by atoms with Gasteiger partial charge in [-0.1, -0.05) is 0 Å². The van der Waals surface area contributed by atoms with Crippen molar-refractivity contribution in [2.75, 3.05) is 0 Å². The second-order valence-corrected chi connectivity index (χ2v) is 8.77. The van der Waals surface area contributed by atoms with Crippen LogP contribution in [0.1, 0.15) is 5.56 Å². The normalized spacial score (nSPS) is 11.0. The van der Waals surface area contributed by atoms with E-state index in [2.05, 4.69) is 41.9 Å². The van der Waals surface area contributed by atoms with Gasteiger partial charge in [0, 0.05) is 0 Å². The SMILES string of the molecule is [Li][CH2][Si](C)(C)c1cc(C#N)ccn1. The zero-order valence-electron chi connectivity index (χ0n) is 8.33. The minimum atomic E-state index is -1.36. The number of hydrogen-bond acceptors (Lipinski definition) is 2. The van der Waals surface area contributed by atoms with Crippen molar-refractivity contribution in [1.29, 1.82) is 5.26 Å². The molecular formula is C9H11LiN2Si. The molecular weight excluding hydrogens is 171 g/mol. The first kappa shape index (κ1) is 10.5. The van der Waals surface area contributed by atoms with Gasteiger partial charge in [-0.3, -0.25) is 0 Å². The van der Waals surface area contributed by atoms with Gasteiger partial charge in [0.25, 0.3) is 0 Å². The molecule has 0 radical (unpaired) electrons. The molecule has 2 nitrogen and oxygen atoms in total. The molecule has 0 atom stereocenters. The van der Waals surface area contributed by atoms with Crippen LogP contribution in [0.2, 0.25) is 17.8 Å². The summed E-state index contributed by atoms with van der Waals surface area (Å²) < 4.78 is 1.16. The van der Waals surface area contributed by atoms with E-state index in [0.29, 0.717) is 0 Å². The summed E-state index contributed by atoms with van der Waals surface area (Å²) in [5.41, 5.74) is 0.721. The van der Waals surface area contributed by atoms with E-state index >= 15 is 0 Å². The molecule has 1 rings (SSSR count). The molecule has 1 aromatic heterocycles. The molecule has 62 valence electrons. The Bertz CT molecular complexity index is 344. The van der Waals surface area contributed by atoms with Gasteiger partial charge in [0.1, 0.15) is 0 Å². The first-order chi connectivity index (χ1) is 6.10. The van der Waals surface area contributed by atoms with Gasteiger partial charge < -0.3 is 0 Å². The van der Waals surface area contributed by atoms with Crippen molar-refractivity contribution in [3.8, 4) is 6.07 Å². The van der Waals surface area contributed by atoms with E-state index in [1.54, 1.807) is 12.3 Å². The van der Waals surface area contributed by atoms with Gasteiger partial charge in [-0.25, -0.2) is 0 Å². The molecule has 0 amide bonds. The van der Waals surface area contributed by atoms with Crippen LogP contribution >= 0.6 is 0 Å². The molecule has 0 aliphatic carbocycles. The van der Waals surface area contributed by atoms with Gasteiger partial charge in [-0.15, -0.1) is 0 Å². The minimum absolute atomic E-state index is 0.721. The summed E-state index contributed by atoms with van der Waals surface area (Å²) in [5.74, 6) is 0. The van der Waals surface area contributed by atoms with Crippen LogP contribution in [0.25, 0.3) is 0 Å². The maximum atomic E-state index is 8.74. The molecule has 0 fully saturated rings. The second-order valence-electron chi connectivity index (χ2n) is 3.78. The zero-order chi connectivity index (χ0) is 9.90. The van der Waals surface area contributed by atoms with E-state index in [1.807, 2.05) is 6.07 Å². The van der Waals surface area contributed by atoms with Gasteiger partial charge in [-0.05, 0) is 0 Å². The Morgan fingerprint density at radius 1 is 1.62 bits per heavy atom. The molecule has 13 heavy (non-hydrogen) atoms. The summed E-state index contributed by atoms with van der Waals surface area (Å²) in [6, 6.07) is 5.83. The Kier molecular flexibility index (Phi) is 3.33. The summed E-state index contributed by atoms with van der Waals surface area (Å²) in [6.45, 7) is 4.55. The zero-order valence-corrected chi connectivity index (χ0v) is 9.33. The number of aromatic nitrogens is 1. The molecule has 1 heterocycles. The van der Waals surface area contributed by atoms with Crippen molar-refractivity contribution in [2.24, 2.45) is 0 Å². The quantitative estimate of drug-likeness (QED) is 0.640. The third kappa shape index (κ3) is 2.45. The summed E-state index contributed by atoms with van der Waals surface area (Å²) in [4.78, 5) is 4.34. The van der Waals surface area contributed by atoms with E-state index in [4.69, 9.17) is 5.26 Å². The van der Waals surface area contributed by atoms with Crippen LogP contribution in [0.4, 0.5) is 0 Å². The van der Waals surface area contributed by atoms with Crippen LogP contribution in [0, 0.1) is 11.3 Å². The predicted molar refractivity (Wildman–Crippen MR) is 56.6 cm³/mol. The molecule has 0 saturated carbocycles. The molecule has 1 aromatic rings. The van der Waals surface area contributed by atoms with Crippen molar-refractivity contribution in [1.82, 2.24) is 4.98 Å². The van der Waals surface area contributed by atoms with E-state index in [-0.39, 0.29) is 0 Å². The van der Waals surface area contributed by atoms with E-state index < -0.39 is 8.07 Å². The van der Waals surface area contributed by atoms with E-state index in [0.717, 1.165) is 15.6 Å². The Hall–Kier alpha value is -0.546. The number of nitrogens with zero attached hydrogens (tertiary/aromatic N) is 2. The maximum absolute atomic E-state index is 8.74. The monoisotopic (exact) mass is 182 g/mol. The fourth-order valence-corrected chi connectivity index (χ4v) is 2.38. The standard InChI is InChI=1S/C9H11N2Si.Li/c1-12(2,3)9-6-8(7-10)4-5-11-9;/h4-6H,1H2,2-3H3;. The first-order valence-corrected chi connectivity index (χ1v) is 7.67. The number of hydrogen-bond donors (Lipinski definition) is 0. The number of rotatable bonds is 2. The molecule has 0 aliphatic rings. The fraction of sp³-hybridized carbons (Fsp3) is 0.333. The van der Waals surface area contributed by atoms with Gasteiger partial charge in [0.15, 0.2) is 0 Å². The molecule has 0 saturated heterocycles. The molecule has 0 aromatic carbocycles. The van der Waals surface area contributed by atoms with Crippen molar-refractivity contribution in [3.05, 3.63) is 23.9 Å². The van der Waals surface area contributed by atoms with Gasteiger partial charge >= 0.3 is 89.1 Å². The van der Waals surface area contributed by atoms with E-state index in [1.165, 1.54) is 0 Å². The van der Waals surface area contributed by atoms with E-state index in [9.17, 15) is 0 Å². The number of nitriles is 1. The van der Waals surface area contributed by atoms with Crippen LogP contribution in [0.15, 0.2) is 18.3 Å². The Morgan fingerprint density at radius 3 is 2.85 bits per heavy atom. The average molecular weight is 182 g/mol. The van der Waals surface area contributed by atoms with Crippen LogP contribution in [-0.4, -0.2) is 30.8 Å². The molecule has 0 aliphatic heterocycles. The summed E-state index contributed by atoms with van der Waals surface area (Å²) in [7, 11) is -1.36. The van der Waals surface area contributed by atoms with Crippen LogP contribution in [-0.2, 0) is 0 Å². The van der Waals surface area contributed by atoms with Crippen LogP contribution < -0.4 is 5.32 Å². The Morgan fingerprint density at radius 2 is 2.31 bits per heavy atom. The summed E-state index contributed by atoms with van der Waals surface area (Å²) >= 11 is 2.19. The summed E-state index contributed by atoms with van der Waals surface area (Å²) in [6.07, 6.45) is 1.73. The van der Waals surface area contributed by atoms with Crippen molar-refractivity contribution < 1.29 is 0 Å². The Balaban J connectivity index is 3.10. The second kappa shape index (κ2) is 4.11.